The molecular formula is C25H20N2O4S. The van der Waals surface area contributed by atoms with Crippen LogP contribution < -0.4 is 10.2 Å². The number of aryl methyl sites for hydroxylation is 1. The lowest BCUT2D eigenvalue weighted by atomic mass is 10.1. The molecule has 2 heterocycles. The van der Waals surface area contributed by atoms with Crippen LogP contribution in [0.25, 0.3) is 17.4 Å². The number of benzene rings is 2. The number of carbonyl (C=O) groups is 3. The van der Waals surface area contributed by atoms with Crippen molar-refractivity contribution in [2.24, 2.45) is 0 Å². The SMILES string of the molecule is CCc1ccc(N2C(=O)C(=Cc3ccc(-c4ccc(C(C)=O)cc4)o3)C(=O)NC2=S)cc1. The highest BCUT2D eigenvalue weighted by Crippen LogP contribution is 2.26. The molecular weight excluding hydrogens is 424 g/mol. The largest absolute Gasteiger partial charge is 0.457 e. The average Bonchev–Trinajstić information content (AvgIpc) is 3.26. The van der Waals surface area contributed by atoms with E-state index in [1.165, 1.54) is 17.9 Å². The monoisotopic (exact) mass is 444 g/mol. The van der Waals surface area contributed by atoms with Crippen LogP contribution in [0.5, 0.6) is 0 Å². The normalized spacial score (nSPS) is 15.2. The van der Waals surface area contributed by atoms with E-state index in [1.54, 1.807) is 48.5 Å². The molecule has 0 radical (unpaired) electrons. The van der Waals surface area contributed by atoms with Crippen LogP contribution in [0, 0.1) is 0 Å². The number of furan rings is 1. The molecule has 0 bridgehead atoms. The van der Waals surface area contributed by atoms with E-state index in [0.717, 1.165) is 17.5 Å². The van der Waals surface area contributed by atoms with Gasteiger partial charge < -0.3 is 4.42 Å². The van der Waals surface area contributed by atoms with Gasteiger partial charge in [0.15, 0.2) is 10.9 Å². The zero-order valence-electron chi connectivity index (χ0n) is 17.5. The molecule has 1 aliphatic rings. The maximum Gasteiger partial charge on any atom is 0.270 e. The van der Waals surface area contributed by atoms with Gasteiger partial charge in [0.1, 0.15) is 17.1 Å². The number of anilines is 1. The van der Waals surface area contributed by atoms with Crippen molar-refractivity contribution < 1.29 is 18.8 Å². The molecule has 4 rings (SSSR count). The summed E-state index contributed by atoms with van der Waals surface area (Å²) >= 11 is 5.24. The van der Waals surface area contributed by atoms with Crippen LogP contribution >= 0.6 is 12.2 Å². The van der Waals surface area contributed by atoms with Gasteiger partial charge in [0.25, 0.3) is 11.8 Å². The molecule has 2 amide bonds. The maximum atomic E-state index is 13.1. The number of nitrogens with one attached hydrogen (secondary N) is 1. The average molecular weight is 445 g/mol. The number of ketones is 1. The molecule has 0 atom stereocenters. The van der Waals surface area contributed by atoms with E-state index in [2.05, 4.69) is 5.32 Å². The van der Waals surface area contributed by atoms with Crippen LogP contribution in [0.1, 0.15) is 35.5 Å². The van der Waals surface area contributed by atoms with Crippen molar-refractivity contribution in [2.75, 3.05) is 4.90 Å². The van der Waals surface area contributed by atoms with E-state index in [1.807, 2.05) is 19.1 Å². The summed E-state index contributed by atoms with van der Waals surface area (Å²) in [5, 5.41) is 2.60. The zero-order chi connectivity index (χ0) is 22.8. The van der Waals surface area contributed by atoms with Gasteiger partial charge in [0, 0.05) is 11.1 Å². The Bertz CT molecular complexity index is 1250. The number of carbonyl (C=O) groups excluding carboxylic acids is 3. The van der Waals surface area contributed by atoms with Gasteiger partial charge in [-0.1, -0.05) is 43.3 Å². The van der Waals surface area contributed by atoms with Crippen LogP contribution in [-0.4, -0.2) is 22.7 Å². The summed E-state index contributed by atoms with van der Waals surface area (Å²) in [5.74, 6) is -0.214. The molecule has 1 aliphatic heterocycles. The molecule has 1 aromatic heterocycles. The quantitative estimate of drug-likeness (QED) is 0.270. The summed E-state index contributed by atoms with van der Waals surface area (Å²) in [5.41, 5.74) is 3.01. The van der Waals surface area contributed by atoms with E-state index >= 15 is 0 Å². The predicted octanol–water partition coefficient (Wildman–Crippen LogP) is 4.54. The Kier molecular flexibility index (Phi) is 5.83. The van der Waals surface area contributed by atoms with Gasteiger partial charge in [0.05, 0.1) is 5.69 Å². The Hall–Kier alpha value is -3.84. The number of hydrogen-bond donors (Lipinski definition) is 1. The number of rotatable bonds is 5. The molecule has 0 aliphatic carbocycles. The fourth-order valence-electron chi connectivity index (χ4n) is 3.37. The van der Waals surface area contributed by atoms with Crippen LogP contribution in [0.3, 0.4) is 0 Å². The van der Waals surface area contributed by atoms with Gasteiger partial charge in [-0.3, -0.25) is 24.6 Å². The number of hydrogen-bond acceptors (Lipinski definition) is 5. The predicted molar refractivity (Wildman–Crippen MR) is 126 cm³/mol. The lowest BCUT2D eigenvalue weighted by Crippen LogP contribution is -2.54. The lowest BCUT2D eigenvalue weighted by molar-refractivity contribution is -0.122. The van der Waals surface area contributed by atoms with E-state index in [4.69, 9.17) is 16.6 Å². The number of nitrogens with zero attached hydrogens (tertiary/aromatic N) is 1. The fourth-order valence-corrected chi connectivity index (χ4v) is 3.65. The molecule has 32 heavy (non-hydrogen) atoms. The Labute approximate surface area is 190 Å². The number of thiocarbonyl (C=S) groups is 1. The highest BCUT2D eigenvalue weighted by atomic mass is 32.1. The standard InChI is InChI=1S/C25H20N2O4S/c1-3-16-4-10-19(11-5-16)27-24(30)21(23(29)26-25(27)32)14-20-12-13-22(31-20)18-8-6-17(7-9-18)15(2)28/h4-14H,3H2,1-2H3,(H,26,29,32). The molecule has 1 saturated heterocycles. The molecule has 160 valence electrons. The van der Waals surface area contributed by atoms with Crippen molar-refractivity contribution in [3.8, 4) is 11.3 Å². The fraction of sp³-hybridized carbons (Fsp3) is 0.120. The van der Waals surface area contributed by atoms with Crippen molar-refractivity contribution >= 4 is 46.7 Å². The van der Waals surface area contributed by atoms with E-state index in [0.29, 0.717) is 22.8 Å². The van der Waals surface area contributed by atoms with Gasteiger partial charge in [-0.15, -0.1) is 0 Å². The van der Waals surface area contributed by atoms with Gasteiger partial charge in [-0.2, -0.15) is 0 Å². The Balaban J connectivity index is 1.62. The number of amides is 2. The van der Waals surface area contributed by atoms with Gasteiger partial charge >= 0.3 is 0 Å². The molecule has 6 nitrogen and oxygen atoms in total. The summed E-state index contributed by atoms with van der Waals surface area (Å²) in [6, 6.07) is 17.9. The molecule has 2 aromatic carbocycles. The van der Waals surface area contributed by atoms with Crippen molar-refractivity contribution in [3.63, 3.8) is 0 Å². The molecule has 3 aromatic rings. The van der Waals surface area contributed by atoms with Crippen LogP contribution in [-0.2, 0) is 16.0 Å². The second kappa shape index (κ2) is 8.72. The Morgan fingerprint density at radius 2 is 1.72 bits per heavy atom. The van der Waals surface area contributed by atoms with Crippen molar-refractivity contribution in [3.05, 3.63) is 83.1 Å². The smallest absolute Gasteiger partial charge is 0.270 e. The lowest BCUT2D eigenvalue weighted by Gasteiger charge is -2.28. The van der Waals surface area contributed by atoms with Gasteiger partial charge in [0.2, 0.25) is 0 Å². The number of Topliss-reactive ketones (excluding diaryl/α,β-unsaturated/α-hetero) is 1. The minimum Gasteiger partial charge on any atom is -0.457 e. The van der Waals surface area contributed by atoms with Crippen molar-refractivity contribution in [1.82, 2.24) is 5.32 Å². The van der Waals surface area contributed by atoms with Crippen LogP contribution in [0.2, 0.25) is 0 Å². The summed E-state index contributed by atoms with van der Waals surface area (Å²) < 4.78 is 5.82. The minimum atomic E-state index is -0.579. The minimum absolute atomic E-state index is 0.0185. The first-order chi connectivity index (χ1) is 15.4. The first-order valence-corrected chi connectivity index (χ1v) is 10.5. The third kappa shape index (κ3) is 4.15. The summed E-state index contributed by atoms with van der Waals surface area (Å²) in [6.07, 6.45) is 2.28. The second-order valence-electron chi connectivity index (χ2n) is 7.31. The first kappa shape index (κ1) is 21.4. The second-order valence-corrected chi connectivity index (χ2v) is 7.70. The Morgan fingerprint density at radius 1 is 1.03 bits per heavy atom. The third-order valence-corrected chi connectivity index (χ3v) is 5.48. The molecule has 0 spiro atoms. The van der Waals surface area contributed by atoms with Crippen LogP contribution in [0.4, 0.5) is 5.69 Å². The topological polar surface area (TPSA) is 79.6 Å². The zero-order valence-corrected chi connectivity index (χ0v) is 18.4. The summed E-state index contributed by atoms with van der Waals surface area (Å²) in [7, 11) is 0. The Morgan fingerprint density at radius 3 is 2.34 bits per heavy atom. The molecule has 7 heteroatoms. The van der Waals surface area contributed by atoms with Gasteiger partial charge in [-0.25, -0.2) is 0 Å². The molecule has 0 saturated carbocycles. The molecule has 1 fully saturated rings. The van der Waals surface area contributed by atoms with Crippen molar-refractivity contribution in [1.29, 1.82) is 0 Å². The molecule has 0 unspecified atom stereocenters. The first-order valence-electron chi connectivity index (χ1n) is 10.1. The highest BCUT2D eigenvalue weighted by molar-refractivity contribution is 7.80. The van der Waals surface area contributed by atoms with E-state index in [-0.39, 0.29) is 16.5 Å². The summed E-state index contributed by atoms with van der Waals surface area (Å²) in [4.78, 5) is 38.4. The molecule has 1 N–H and O–H groups in total. The van der Waals surface area contributed by atoms with E-state index in [9.17, 15) is 14.4 Å². The van der Waals surface area contributed by atoms with Crippen molar-refractivity contribution in [2.45, 2.75) is 20.3 Å². The maximum absolute atomic E-state index is 13.1. The van der Waals surface area contributed by atoms with Gasteiger partial charge in [-0.05, 0) is 61.5 Å². The highest BCUT2D eigenvalue weighted by Gasteiger charge is 2.34. The summed E-state index contributed by atoms with van der Waals surface area (Å²) in [6.45, 7) is 3.55. The van der Waals surface area contributed by atoms with E-state index < -0.39 is 11.8 Å². The van der Waals surface area contributed by atoms with Crippen LogP contribution in [0.15, 0.2) is 70.7 Å². The third-order valence-electron chi connectivity index (χ3n) is 5.19.